The highest BCUT2D eigenvalue weighted by Crippen LogP contribution is 2.47. The summed E-state index contributed by atoms with van der Waals surface area (Å²) in [6.45, 7) is 19.5. The number of hydrogen-bond acceptors (Lipinski definition) is 5. The van der Waals surface area contributed by atoms with Crippen LogP contribution < -0.4 is 0 Å². The summed E-state index contributed by atoms with van der Waals surface area (Å²) < 4.78 is 13.5. The van der Waals surface area contributed by atoms with E-state index in [1.54, 1.807) is 31.2 Å². The molecule has 1 N–H and O–H groups in total. The van der Waals surface area contributed by atoms with Crippen molar-refractivity contribution < 1.29 is 19.4 Å². The predicted molar refractivity (Wildman–Crippen MR) is 181 cm³/mol. The minimum absolute atomic E-state index is 0.0892. The number of benzene rings is 1. The van der Waals surface area contributed by atoms with Crippen molar-refractivity contribution in [2.45, 2.75) is 119 Å². The number of aliphatic hydroxyl groups excluding tert-OH is 1. The number of unbranched alkanes of at least 4 members (excludes halogenated alkanes) is 6. The van der Waals surface area contributed by atoms with Gasteiger partial charge in [0.15, 0.2) is 10.4 Å². The number of nitrogens with zero attached hydrogens (tertiary/aromatic N) is 2. The van der Waals surface area contributed by atoms with Gasteiger partial charge in [0.1, 0.15) is 6.10 Å². The predicted octanol–water partition coefficient (Wildman–Crippen LogP) is 10.2. The number of hydrogen-bond donors (Lipinski definition) is 1. The first-order valence-corrected chi connectivity index (χ1v) is 17.5. The van der Waals surface area contributed by atoms with Gasteiger partial charge in [-0.25, -0.2) is 9.78 Å². The van der Waals surface area contributed by atoms with Crippen molar-refractivity contribution in [2.75, 3.05) is 19.8 Å². The second-order valence-electron chi connectivity index (χ2n) is 12.9. The van der Waals surface area contributed by atoms with Crippen LogP contribution in [0, 0.1) is 23.2 Å². The summed E-state index contributed by atoms with van der Waals surface area (Å²) >= 11 is 9.54. The maximum atomic E-state index is 12.7. The number of carbonyl (C=O) groups excluding carboxylic acids is 1. The molecule has 0 aliphatic carbocycles. The first-order valence-electron chi connectivity index (χ1n) is 16.3. The molecule has 0 amide bonds. The number of esters is 1. The highest BCUT2D eigenvalue weighted by molar-refractivity contribution is 9.10. The van der Waals surface area contributed by atoms with Gasteiger partial charge in [-0.2, -0.15) is 0 Å². The summed E-state index contributed by atoms with van der Waals surface area (Å²) in [5.74, 6) is 1.57. The standard InChI is InChI=1S/C35H56BrClN2O4/c1-9-43-33(41)30-31(32(40)28-17-19-29(37)20-18-28)39(34(36)38-30)27(8)23-42-22-16-14-12-10-11-13-15-21-35(24(2)3,25(4)5)26(6)7/h17-20,24-27,32,40H,9-16,21-23H2,1-8H3/t27-,32?/m1/s1. The fourth-order valence-electron chi connectivity index (χ4n) is 6.96. The van der Waals surface area contributed by atoms with Crippen LogP contribution in [0.1, 0.15) is 141 Å². The molecule has 1 heterocycles. The van der Waals surface area contributed by atoms with E-state index < -0.39 is 12.1 Å². The van der Waals surface area contributed by atoms with Crippen LogP contribution in [0.3, 0.4) is 0 Å². The van der Waals surface area contributed by atoms with E-state index in [1.165, 1.54) is 38.5 Å². The third kappa shape index (κ3) is 10.3. The highest BCUT2D eigenvalue weighted by Gasteiger charge is 2.39. The highest BCUT2D eigenvalue weighted by atomic mass is 79.9. The SMILES string of the molecule is CCOC(=O)c1nc(Br)n([C@H](C)COCCCCCCCCCC(C(C)C)(C(C)C)C(C)C)c1C(O)c1ccc(Cl)cc1. The van der Waals surface area contributed by atoms with E-state index in [-0.39, 0.29) is 18.3 Å². The van der Waals surface area contributed by atoms with Crippen molar-refractivity contribution in [1.82, 2.24) is 9.55 Å². The van der Waals surface area contributed by atoms with E-state index in [9.17, 15) is 9.90 Å². The molecule has 0 aliphatic rings. The molecule has 2 atom stereocenters. The van der Waals surface area contributed by atoms with Crippen molar-refractivity contribution in [3.63, 3.8) is 0 Å². The first kappa shape index (κ1) is 37.8. The van der Waals surface area contributed by atoms with E-state index in [0.717, 1.165) is 12.8 Å². The molecule has 0 aliphatic heterocycles. The number of imidazole rings is 1. The van der Waals surface area contributed by atoms with E-state index in [2.05, 4.69) is 62.5 Å². The molecular formula is C35H56BrClN2O4. The Morgan fingerprint density at radius 3 is 2.00 bits per heavy atom. The molecule has 1 unspecified atom stereocenters. The van der Waals surface area contributed by atoms with Gasteiger partial charge in [0.2, 0.25) is 0 Å². The average Bonchev–Trinajstić information content (AvgIpc) is 3.30. The quantitative estimate of drug-likeness (QED) is 0.111. The normalized spacial score (nSPS) is 13.7. The van der Waals surface area contributed by atoms with Crippen LogP contribution in [0.25, 0.3) is 0 Å². The Hall–Kier alpha value is -1.41. The van der Waals surface area contributed by atoms with Crippen LogP contribution in [-0.2, 0) is 9.47 Å². The van der Waals surface area contributed by atoms with E-state index >= 15 is 0 Å². The van der Waals surface area contributed by atoms with Gasteiger partial charge in [-0.3, -0.25) is 0 Å². The third-order valence-corrected chi connectivity index (χ3v) is 10.1. The largest absolute Gasteiger partial charge is 0.461 e. The van der Waals surface area contributed by atoms with Crippen LogP contribution in [0.15, 0.2) is 29.0 Å². The number of ether oxygens (including phenoxy) is 2. The lowest BCUT2D eigenvalue weighted by Crippen LogP contribution is -2.38. The van der Waals surface area contributed by atoms with Crippen molar-refractivity contribution in [3.05, 3.63) is 51.0 Å². The van der Waals surface area contributed by atoms with Crippen molar-refractivity contribution in [1.29, 1.82) is 0 Å². The van der Waals surface area contributed by atoms with E-state index in [1.807, 2.05) is 11.5 Å². The Balaban J connectivity index is 1.83. The lowest BCUT2D eigenvalue weighted by molar-refractivity contribution is 0.0356. The van der Waals surface area contributed by atoms with Gasteiger partial charge in [-0.05, 0) is 83.5 Å². The van der Waals surface area contributed by atoms with E-state index in [4.69, 9.17) is 21.1 Å². The molecule has 1 aromatic carbocycles. The minimum Gasteiger partial charge on any atom is -0.461 e. The fourth-order valence-corrected chi connectivity index (χ4v) is 7.81. The van der Waals surface area contributed by atoms with Crippen LogP contribution >= 0.6 is 27.5 Å². The summed E-state index contributed by atoms with van der Waals surface area (Å²) in [4.78, 5) is 17.1. The molecule has 8 heteroatoms. The number of aliphatic hydroxyl groups is 1. The van der Waals surface area contributed by atoms with Crippen LogP contribution in [0.4, 0.5) is 0 Å². The summed E-state index contributed by atoms with van der Waals surface area (Å²) in [7, 11) is 0. The summed E-state index contributed by atoms with van der Waals surface area (Å²) in [5.41, 5.74) is 1.51. The van der Waals surface area contributed by atoms with Gasteiger partial charge in [-0.15, -0.1) is 0 Å². The molecule has 43 heavy (non-hydrogen) atoms. The molecule has 0 spiro atoms. The molecule has 244 valence electrons. The zero-order valence-electron chi connectivity index (χ0n) is 27.8. The second kappa shape index (κ2) is 18.5. The molecule has 0 radical (unpaired) electrons. The zero-order chi connectivity index (χ0) is 32.2. The van der Waals surface area contributed by atoms with E-state index in [0.29, 0.717) is 57.4 Å². The van der Waals surface area contributed by atoms with Gasteiger partial charge in [-0.1, -0.05) is 104 Å². The van der Waals surface area contributed by atoms with Crippen molar-refractivity contribution in [3.8, 4) is 0 Å². The van der Waals surface area contributed by atoms with Gasteiger partial charge in [0.05, 0.1) is 24.9 Å². The monoisotopic (exact) mass is 682 g/mol. The smallest absolute Gasteiger partial charge is 0.358 e. The molecule has 2 rings (SSSR count). The molecule has 1 aromatic heterocycles. The van der Waals surface area contributed by atoms with Crippen LogP contribution in [0.5, 0.6) is 0 Å². The molecule has 0 saturated carbocycles. The number of aromatic nitrogens is 2. The molecule has 0 fully saturated rings. The Bertz CT molecular complexity index is 1080. The molecule has 0 saturated heterocycles. The third-order valence-electron chi connectivity index (χ3n) is 9.24. The Kier molecular flexibility index (Phi) is 16.3. The minimum atomic E-state index is -1.09. The molecule has 2 aromatic rings. The first-order chi connectivity index (χ1) is 20.4. The van der Waals surface area contributed by atoms with Crippen LogP contribution in [0.2, 0.25) is 5.02 Å². The maximum absolute atomic E-state index is 12.7. The summed E-state index contributed by atoms with van der Waals surface area (Å²) in [6.07, 6.45) is 8.88. The zero-order valence-corrected chi connectivity index (χ0v) is 30.1. The van der Waals surface area contributed by atoms with Crippen LogP contribution in [-0.4, -0.2) is 40.4 Å². The Morgan fingerprint density at radius 1 is 0.930 bits per heavy atom. The Morgan fingerprint density at radius 2 is 1.47 bits per heavy atom. The maximum Gasteiger partial charge on any atom is 0.358 e. The lowest BCUT2D eigenvalue weighted by Gasteiger charge is -2.45. The number of rotatable bonds is 20. The topological polar surface area (TPSA) is 73.6 Å². The summed E-state index contributed by atoms with van der Waals surface area (Å²) in [6, 6.07) is 6.73. The lowest BCUT2D eigenvalue weighted by atomic mass is 9.60. The van der Waals surface area contributed by atoms with Gasteiger partial charge < -0.3 is 19.1 Å². The second-order valence-corrected chi connectivity index (χ2v) is 14.0. The number of halogens is 2. The Labute approximate surface area is 274 Å². The average molecular weight is 684 g/mol. The molecule has 6 nitrogen and oxygen atoms in total. The van der Waals surface area contributed by atoms with Crippen molar-refractivity contribution in [2.24, 2.45) is 23.2 Å². The fraction of sp³-hybridized carbons (Fsp3) is 0.714. The van der Waals surface area contributed by atoms with Gasteiger partial charge in [0.25, 0.3) is 0 Å². The van der Waals surface area contributed by atoms with Gasteiger partial charge in [0, 0.05) is 11.6 Å². The summed E-state index contributed by atoms with van der Waals surface area (Å²) in [5, 5.41) is 11.9. The molecule has 0 bridgehead atoms. The number of carbonyl (C=O) groups is 1. The van der Waals surface area contributed by atoms with Gasteiger partial charge >= 0.3 is 5.97 Å². The molecular weight excluding hydrogens is 628 g/mol. The van der Waals surface area contributed by atoms with Crippen molar-refractivity contribution >= 4 is 33.5 Å².